The third-order valence-corrected chi connectivity index (χ3v) is 8.01. The topological polar surface area (TPSA) is 63.6 Å². The molecule has 0 saturated heterocycles. The Morgan fingerprint density at radius 1 is 0.550 bits per heavy atom. The summed E-state index contributed by atoms with van der Waals surface area (Å²) in [6.45, 7) is 4.57. The summed E-state index contributed by atoms with van der Waals surface area (Å²) < 4.78 is 5.00. The molecule has 0 rings (SSSR count). The Bertz CT molecular complexity index is 571. The molecule has 0 aromatic rings. The summed E-state index contributed by atoms with van der Waals surface area (Å²) >= 11 is 0. The van der Waals surface area contributed by atoms with Gasteiger partial charge in [-0.25, -0.2) is 0 Å². The van der Waals surface area contributed by atoms with Crippen LogP contribution in [0.15, 0.2) is 12.2 Å². The molecule has 0 aliphatic rings. The molecule has 0 radical (unpaired) electrons. The van der Waals surface area contributed by atoms with Gasteiger partial charge in [-0.2, -0.15) is 0 Å². The van der Waals surface area contributed by atoms with Gasteiger partial charge in [0.05, 0.1) is 18.9 Å². The second kappa shape index (κ2) is 32.2. The van der Waals surface area contributed by atoms with E-state index in [1.807, 2.05) is 13.0 Å². The molecule has 0 aromatic carbocycles. The number of allylic oxidation sites excluding steroid dienone is 1. The Balaban J connectivity index is 3.31. The van der Waals surface area contributed by atoms with Crippen molar-refractivity contribution >= 4 is 11.9 Å². The second-order valence-electron chi connectivity index (χ2n) is 12.1. The van der Waals surface area contributed by atoms with Crippen molar-refractivity contribution in [2.75, 3.05) is 6.61 Å². The van der Waals surface area contributed by atoms with Crippen molar-refractivity contribution in [1.29, 1.82) is 0 Å². The molecule has 0 aliphatic heterocycles. The normalized spacial score (nSPS) is 12.2. The van der Waals surface area contributed by atoms with Crippen molar-refractivity contribution in [3.05, 3.63) is 12.2 Å². The number of hydrogen-bond acceptors (Lipinski definition) is 3. The minimum Gasteiger partial charge on any atom is -0.481 e. The van der Waals surface area contributed by atoms with Gasteiger partial charge in [-0.1, -0.05) is 180 Å². The average Bonchev–Trinajstić information content (AvgIpc) is 2.94. The number of carboxylic acid groups (broad SMARTS) is 1. The Kier molecular flexibility index (Phi) is 31.1. The lowest BCUT2D eigenvalue weighted by atomic mass is 10.0. The summed E-state index contributed by atoms with van der Waals surface area (Å²) in [6.07, 6.45) is 40.0. The highest BCUT2D eigenvalue weighted by Crippen LogP contribution is 2.16. The van der Waals surface area contributed by atoms with Crippen molar-refractivity contribution < 1.29 is 19.4 Å². The van der Waals surface area contributed by atoms with E-state index in [0.717, 1.165) is 19.3 Å². The quantitative estimate of drug-likeness (QED) is 0.0501. The standard InChI is InChI=1S/C36H68O4/c1-3-5-6-7-8-9-10-11-12-13-14-15-16-17-18-19-20-21-22-23-24-25-26-27-28-29-30-31-34(36(38)39)33-35(37)40-32-4-2/h30-31,34H,3-29,32-33H2,1-2H3,(H,38,39)/b31-30+. The van der Waals surface area contributed by atoms with Crippen molar-refractivity contribution in [3.8, 4) is 0 Å². The number of unbranched alkanes of at least 4 members (excludes halogenated alkanes) is 25. The average molecular weight is 565 g/mol. The number of hydrogen-bond donors (Lipinski definition) is 1. The number of carbonyl (C=O) groups excluding carboxylic acids is 1. The fourth-order valence-corrected chi connectivity index (χ4v) is 5.35. The first kappa shape index (κ1) is 38.7. The summed E-state index contributed by atoms with van der Waals surface area (Å²) in [5.41, 5.74) is 0. The van der Waals surface area contributed by atoms with E-state index in [4.69, 9.17) is 4.74 Å². The molecule has 0 fully saturated rings. The molecular weight excluding hydrogens is 496 g/mol. The van der Waals surface area contributed by atoms with Crippen molar-refractivity contribution in [1.82, 2.24) is 0 Å². The highest BCUT2D eigenvalue weighted by Gasteiger charge is 2.18. The van der Waals surface area contributed by atoms with E-state index in [1.54, 1.807) is 6.08 Å². The van der Waals surface area contributed by atoms with Crippen LogP contribution in [0.3, 0.4) is 0 Å². The summed E-state index contributed by atoms with van der Waals surface area (Å²) in [6, 6.07) is 0. The predicted molar refractivity (Wildman–Crippen MR) is 172 cm³/mol. The van der Waals surface area contributed by atoms with Crippen LogP contribution in [0.2, 0.25) is 0 Å². The van der Waals surface area contributed by atoms with Gasteiger partial charge in [-0.05, 0) is 19.3 Å². The summed E-state index contributed by atoms with van der Waals surface area (Å²) in [5.74, 6) is -2.16. The van der Waals surface area contributed by atoms with E-state index in [0.29, 0.717) is 6.61 Å². The molecule has 236 valence electrons. The van der Waals surface area contributed by atoms with Crippen molar-refractivity contribution in [2.45, 2.75) is 194 Å². The fraction of sp³-hybridized carbons (Fsp3) is 0.889. The number of rotatable bonds is 32. The number of aliphatic carboxylic acids is 1. The molecule has 4 nitrogen and oxygen atoms in total. The van der Waals surface area contributed by atoms with Gasteiger partial charge in [0.25, 0.3) is 0 Å². The monoisotopic (exact) mass is 565 g/mol. The number of ether oxygens (including phenoxy) is 1. The molecule has 1 unspecified atom stereocenters. The van der Waals surface area contributed by atoms with Gasteiger partial charge in [0.15, 0.2) is 0 Å². The van der Waals surface area contributed by atoms with Gasteiger partial charge in [0.2, 0.25) is 0 Å². The SMILES string of the molecule is CCCCCCCCCCCCCCCCCCCCCCCCCCC/C=C/C(CC(=O)OCCC)C(=O)O. The summed E-state index contributed by atoms with van der Waals surface area (Å²) in [5, 5.41) is 9.29. The van der Waals surface area contributed by atoms with Crippen LogP contribution >= 0.6 is 0 Å². The molecule has 4 heteroatoms. The zero-order chi connectivity index (χ0) is 29.4. The molecular formula is C36H68O4. The minimum atomic E-state index is -0.959. The van der Waals surface area contributed by atoms with E-state index < -0.39 is 17.9 Å². The first-order chi connectivity index (χ1) is 19.6. The van der Waals surface area contributed by atoms with Crippen molar-refractivity contribution in [3.63, 3.8) is 0 Å². The number of carbonyl (C=O) groups is 2. The highest BCUT2D eigenvalue weighted by atomic mass is 16.5. The van der Waals surface area contributed by atoms with Crippen LogP contribution in [0.4, 0.5) is 0 Å². The first-order valence-electron chi connectivity index (χ1n) is 17.7. The van der Waals surface area contributed by atoms with Crippen LogP contribution in [0.5, 0.6) is 0 Å². The molecule has 0 bridgehead atoms. The molecule has 1 N–H and O–H groups in total. The molecule has 0 aliphatic carbocycles. The van der Waals surface area contributed by atoms with Crippen LogP contribution < -0.4 is 0 Å². The maximum Gasteiger partial charge on any atom is 0.310 e. The lowest BCUT2D eigenvalue weighted by molar-refractivity contribution is -0.150. The maximum absolute atomic E-state index is 11.7. The Morgan fingerprint density at radius 2 is 0.900 bits per heavy atom. The Labute approximate surface area is 249 Å². The van der Waals surface area contributed by atoms with Gasteiger partial charge in [-0.15, -0.1) is 0 Å². The molecule has 0 saturated carbocycles. The van der Waals surface area contributed by atoms with E-state index in [1.165, 1.54) is 154 Å². The number of carboxylic acids is 1. The molecule has 0 spiro atoms. The van der Waals surface area contributed by atoms with Gasteiger partial charge in [-0.3, -0.25) is 9.59 Å². The van der Waals surface area contributed by atoms with E-state index >= 15 is 0 Å². The lowest BCUT2D eigenvalue weighted by Crippen LogP contribution is -2.17. The molecule has 40 heavy (non-hydrogen) atoms. The zero-order valence-corrected chi connectivity index (χ0v) is 26.9. The third kappa shape index (κ3) is 29.7. The summed E-state index contributed by atoms with van der Waals surface area (Å²) in [4.78, 5) is 23.0. The number of esters is 1. The van der Waals surface area contributed by atoms with Gasteiger partial charge in [0, 0.05) is 0 Å². The highest BCUT2D eigenvalue weighted by molar-refractivity contribution is 5.80. The molecule has 0 amide bonds. The molecule has 1 atom stereocenters. The Hall–Kier alpha value is -1.32. The van der Waals surface area contributed by atoms with Crippen LogP contribution in [-0.4, -0.2) is 23.7 Å². The van der Waals surface area contributed by atoms with Crippen molar-refractivity contribution in [2.24, 2.45) is 5.92 Å². The van der Waals surface area contributed by atoms with Crippen LogP contribution in [-0.2, 0) is 14.3 Å². The Morgan fingerprint density at radius 3 is 1.23 bits per heavy atom. The van der Waals surface area contributed by atoms with Gasteiger partial charge in [0.1, 0.15) is 0 Å². The summed E-state index contributed by atoms with van der Waals surface area (Å²) in [7, 11) is 0. The smallest absolute Gasteiger partial charge is 0.310 e. The van der Waals surface area contributed by atoms with Crippen LogP contribution in [0.25, 0.3) is 0 Å². The largest absolute Gasteiger partial charge is 0.481 e. The fourth-order valence-electron chi connectivity index (χ4n) is 5.35. The third-order valence-electron chi connectivity index (χ3n) is 8.01. The van der Waals surface area contributed by atoms with Crippen LogP contribution in [0, 0.1) is 5.92 Å². The van der Waals surface area contributed by atoms with E-state index in [2.05, 4.69) is 6.92 Å². The zero-order valence-electron chi connectivity index (χ0n) is 26.9. The van der Waals surface area contributed by atoms with E-state index in [-0.39, 0.29) is 6.42 Å². The van der Waals surface area contributed by atoms with E-state index in [9.17, 15) is 14.7 Å². The maximum atomic E-state index is 11.7. The minimum absolute atomic E-state index is 0.0781. The first-order valence-corrected chi connectivity index (χ1v) is 17.7. The predicted octanol–water partition coefficient (Wildman–Crippen LogP) is 11.7. The lowest BCUT2D eigenvalue weighted by Gasteiger charge is -2.07. The van der Waals surface area contributed by atoms with Gasteiger partial charge < -0.3 is 9.84 Å². The van der Waals surface area contributed by atoms with Crippen LogP contribution in [0.1, 0.15) is 194 Å². The molecule has 0 heterocycles. The molecule has 0 aromatic heterocycles. The van der Waals surface area contributed by atoms with Gasteiger partial charge >= 0.3 is 11.9 Å². The second-order valence-corrected chi connectivity index (χ2v) is 12.1.